The first-order valence-electron chi connectivity index (χ1n) is 4.01. The summed E-state index contributed by atoms with van der Waals surface area (Å²) >= 11 is 6.44. The molecule has 0 heterocycles. The smallest absolute Gasteiger partial charge is 0.285 e. The van der Waals surface area contributed by atoms with Gasteiger partial charge in [0.15, 0.2) is 0 Å². The van der Waals surface area contributed by atoms with Crippen LogP contribution in [0.1, 0.15) is 32.6 Å². The number of hydrogen-bond donors (Lipinski definition) is 2. The van der Waals surface area contributed by atoms with Crippen LogP contribution in [0.5, 0.6) is 0 Å². The molecule has 0 aromatic rings. The maximum absolute atomic E-state index is 8.71. The van der Waals surface area contributed by atoms with Crippen LogP contribution in [0.4, 0.5) is 0 Å². The fraction of sp³-hybridized carbons (Fsp3) is 0.750. The lowest BCUT2D eigenvalue weighted by Gasteiger charge is -2.07. The van der Waals surface area contributed by atoms with Crippen molar-refractivity contribution in [1.29, 1.82) is 0 Å². The molecule has 0 aromatic heterocycles. The lowest BCUT2D eigenvalue weighted by atomic mass is 10.1. The summed E-state index contributed by atoms with van der Waals surface area (Å²) in [6.07, 6.45) is 4.36. The zero-order valence-electron chi connectivity index (χ0n) is 7.06. The van der Waals surface area contributed by atoms with Gasteiger partial charge in [0.05, 0.1) is 9.31 Å². The minimum absolute atomic E-state index is 0.0223. The molecule has 0 radical (unpaired) electrons. The third-order valence-corrected chi connectivity index (χ3v) is 3.99. The van der Waals surface area contributed by atoms with Crippen molar-refractivity contribution in [2.75, 3.05) is 0 Å². The number of hydrogen-bond acceptors (Lipinski definition) is 2. The molecule has 12 heavy (non-hydrogen) atoms. The predicted molar refractivity (Wildman–Crippen MR) is 58.1 cm³/mol. The van der Waals surface area contributed by atoms with Crippen molar-refractivity contribution in [1.82, 2.24) is 0 Å². The highest BCUT2D eigenvalue weighted by Gasteiger charge is 2.11. The second-order valence-corrected chi connectivity index (χ2v) is 4.59. The summed E-state index contributed by atoms with van der Waals surface area (Å²) in [4.78, 5) is 0.0223. The van der Waals surface area contributed by atoms with Gasteiger partial charge in [0.2, 0.25) is 0 Å². The van der Waals surface area contributed by atoms with Crippen molar-refractivity contribution in [3.63, 3.8) is 0 Å². The predicted octanol–water partition coefficient (Wildman–Crippen LogP) is 4.01. The second-order valence-electron chi connectivity index (χ2n) is 2.63. The fourth-order valence-corrected chi connectivity index (χ4v) is 1.60. The largest absolute Gasteiger partial charge is 0.480 e. The van der Waals surface area contributed by atoms with Gasteiger partial charge in [0, 0.05) is 0 Å². The standard InChI is InChI=1S/C8H14Br2O2/c1-2-3-4-5-6(9)7(10)8(11)12/h6,11-12H,2-5H2,1H3. The molecule has 0 aliphatic heterocycles. The van der Waals surface area contributed by atoms with E-state index < -0.39 is 5.95 Å². The average Bonchev–Trinajstić information content (AvgIpc) is 2.03. The Kier molecular flexibility index (Phi) is 6.95. The van der Waals surface area contributed by atoms with Crippen LogP contribution in [0.15, 0.2) is 10.4 Å². The van der Waals surface area contributed by atoms with Gasteiger partial charge >= 0.3 is 0 Å². The molecule has 0 aromatic carbocycles. The Balaban J connectivity index is 3.72. The molecule has 0 saturated heterocycles. The van der Waals surface area contributed by atoms with E-state index in [4.69, 9.17) is 10.2 Å². The normalized spacial score (nSPS) is 12.6. The molecule has 4 heteroatoms. The summed E-state index contributed by atoms with van der Waals surface area (Å²) in [7, 11) is 0. The number of alkyl halides is 1. The van der Waals surface area contributed by atoms with Crippen molar-refractivity contribution >= 4 is 31.9 Å². The molecule has 0 fully saturated rings. The molecule has 1 unspecified atom stereocenters. The summed E-state index contributed by atoms with van der Waals surface area (Å²) in [5.41, 5.74) is 0. The van der Waals surface area contributed by atoms with E-state index in [1.807, 2.05) is 0 Å². The van der Waals surface area contributed by atoms with Crippen LogP contribution >= 0.6 is 31.9 Å². The Morgan fingerprint density at radius 1 is 1.33 bits per heavy atom. The summed E-state index contributed by atoms with van der Waals surface area (Å²) < 4.78 is 0.429. The first-order valence-corrected chi connectivity index (χ1v) is 5.72. The molecular formula is C8H14Br2O2. The molecule has 0 amide bonds. The molecule has 0 rings (SSSR count). The van der Waals surface area contributed by atoms with Crippen molar-refractivity contribution in [3.05, 3.63) is 10.4 Å². The van der Waals surface area contributed by atoms with Gasteiger partial charge in [-0.15, -0.1) is 0 Å². The Morgan fingerprint density at radius 3 is 2.33 bits per heavy atom. The Morgan fingerprint density at radius 2 is 1.92 bits per heavy atom. The number of unbranched alkanes of at least 4 members (excludes halogenated alkanes) is 2. The first kappa shape index (κ1) is 12.3. The second kappa shape index (κ2) is 6.78. The van der Waals surface area contributed by atoms with Crippen LogP contribution in [-0.2, 0) is 0 Å². The van der Waals surface area contributed by atoms with Gasteiger partial charge in [0.1, 0.15) is 0 Å². The average molecular weight is 302 g/mol. The number of rotatable bonds is 5. The molecule has 0 aliphatic rings. The van der Waals surface area contributed by atoms with Crippen LogP contribution in [0.3, 0.4) is 0 Å². The molecule has 2 N–H and O–H groups in total. The van der Waals surface area contributed by atoms with Crippen molar-refractivity contribution < 1.29 is 10.2 Å². The van der Waals surface area contributed by atoms with Gasteiger partial charge in [-0.05, 0) is 22.4 Å². The maximum Gasteiger partial charge on any atom is 0.285 e. The molecule has 0 aliphatic carbocycles. The van der Waals surface area contributed by atoms with Gasteiger partial charge in [-0.3, -0.25) is 0 Å². The highest BCUT2D eigenvalue weighted by atomic mass is 79.9. The topological polar surface area (TPSA) is 40.5 Å². The van der Waals surface area contributed by atoms with Crippen LogP contribution in [0.2, 0.25) is 0 Å². The molecular weight excluding hydrogens is 288 g/mol. The Labute approximate surface area is 89.9 Å². The third-order valence-electron chi connectivity index (χ3n) is 1.55. The first-order chi connectivity index (χ1) is 5.59. The molecule has 0 saturated carbocycles. The molecule has 72 valence electrons. The number of allylic oxidation sites excluding steroid dienone is 1. The monoisotopic (exact) mass is 300 g/mol. The minimum Gasteiger partial charge on any atom is -0.480 e. The summed E-state index contributed by atoms with van der Waals surface area (Å²) in [6, 6.07) is 0. The van der Waals surface area contributed by atoms with Crippen LogP contribution < -0.4 is 0 Å². The molecule has 2 nitrogen and oxygen atoms in total. The van der Waals surface area contributed by atoms with Gasteiger partial charge in [-0.2, -0.15) is 0 Å². The quantitative estimate of drug-likeness (QED) is 0.457. The van der Waals surface area contributed by atoms with Gasteiger partial charge < -0.3 is 10.2 Å². The maximum atomic E-state index is 8.71. The number of aliphatic hydroxyl groups excluding tert-OH is 1. The zero-order chi connectivity index (χ0) is 9.56. The van der Waals surface area contributed by atoms with Crippen molar-refractivity contribution in [2.45, 2.75) is 37.4 Å². The number of halogens is 2. The number of aliphatic hydroxyl groups is 2. The van der Waals surface area contributed by atoms with E-state index in [1.165, 1.54) is 12.8 Å². The lowest BCUT2D eigenvalue weighted by molar-refractivity contribution is 0.188. The highest BCUT2D eigenvalue weighted by Crippen LogP contribution is 2.25. The summed E-state index contributed by atoms with van der Waals surface area (Å²) in [6.45, 7) is 2.14. The highest BCUT2D eigenvalue weighted by molar-refractivity contribution is 9.14. The zero-order valence-corrected chi connectivity index (χ0v) is 10.2. The third kappa shape index (κ3) is 5.04. The van der Waals surface area contributed by atoms with Gasteiger partial charge in [-0.1, -0.05) is 42.1 Å². The van der Waals surface area contributed by atoms with E-state index in [2.05, 4.69) is 38.8 Å². The van der Waals surface area contributed by atoms with Crippen LogP contribution in [0.25, 0.3) is 0 Å². The van der Waals surface area contributed by atoms with E-state index in [0.717, 1.165) is 12.8 Å². The minimum atomic E-state index is -0.631. The van der Waals surface area contributed by atoms with Gasteiger partial charge in [0.25, 0.3) is 5.95 Å². The summed E-state index contributed by atoms with van der Waals surface area (Å²) in [5, 5.41) is 17.4. The van der Waals surface area contributed by atoms with Crippen LogP contribution in [-0.4, -0.2) is 15.0 Å². The van der Waals surface area contributed by atoms with Crippen molar-refractivity contribution in [3.8, 4) is 0 Å². The van der Waals surface area contributed by atoms with E-state index in [9.17, 15) is 0 Å². The SMILES string of the molecule is CCCCCC(Br)C(Br)=C(O)O. The van der Waals surface area contributed by atoms with Crippen LogP contribution in [0, 0.1) is 0 Å². The van der Waals surface area contributed by atoms with E-state index in [1.54, 1.807) is 0 Å². The Hall–Kier alpha value is 0.300. The van der Waals surface area contributed by atoms with Gasteiger partial charge in [-0.25, -0.2) is 0 Å². The molecule has 0 spiro atoms. The molecule has 0 bridgehead atoms. The fourth-order valence-electron chi connectivity index (χ4n) is 0.840. The van der Waals surface area contributed by atoms with E-state index in [-0.39, 0.29) is 4.83 Å². The van der Waals surface area contributed by atoms with E-state index >= 15 is 0 Å². The summed E-state index contributed by atoms with van der Waals surface area (Å²) in [5.74, 6) is -0.631. The van der Waals surface area contributed by atoms with Crippen molar-refractivity contribution in [2.24, 2.45) is 0 Å². The Bertz CT molecular complexity index is 153. The lowest BCUT2D eigenvalue weighted by Crippen LogP contribution is -2.00. The molecule has 1 atom stereocenters. The van der Waals surface area contributed by atoms with E-state index in [0.29, 0.717) is 4.48 Å².